The molecule has 0 aliphatic rings. The Bertz CT molecular complexity index is 382. The van der Waals surface area contributed by atoms with Crippen molar-refractivity contribution in [3.63, 3.8) is 0 Å². The fourth-order valence-electron chi connectivity index (χ4n) is 2.38. The van der Waals surface area contributed by atoms with E-state index in [4.69, 9.17) is 9.84 Å². The number of aliphatic hydroxyl groups is 3. The van der Waals surface area contributed by atoms with Crippen molar-refractivity contribution in [3.8, 4) is 0 Å². The van der Waals surface area contributed by atoms with E-state index in [1.165, 1.54) is 0 Å². The van der Waals surface area contributed by atoms with E-state index in [0.29, 0.717) is 13.2 Å². The second kappa shape index (κ2) is 9.15. The molecule has 0 saturated carbocycles. The highest BCUT2D eigenvalue weighted by molar-refractivity contribution is 5.13. The molecule has 0 unspecified atom stereocenters. The van der Waals surface area contributed by atoms with Gasteiger partial charge in [0.25, 0.3) is 0 Å². The molecule has 4 nitrogen and oxygen atoms in total. The van der Waals surface area contributed by atoms with Crippen molar-refractivity contribution >= 4 is 0 Å². The van der Waals surface area contributed by atoms with E-state index < -0.39 is 12.2 Å². The number of aliphatic hydroxyl groups excluding tert-OH is 3. The minimum absolute atomic E-state index is 0.0794. The van der Waals surface area contributed by atoms with E-state index >= 15 is 0 Å². The molecule has 3 N–H and O–H groups in total. The molecule has 0 radical (unpaired) electrons. The monoisotopic (exact) mass is 296 g/mol. The predicted molar refractivity (Wildman–Crippen MR) is 82.7 cm³/mol. The van der Waals surface area contributed by atoms with Crippen LogP contribution in [-0.4, -0.2) is 40.7 Å². The van der Waals surface area contributed by atoms with Gasteiger partial charge in [-0.1, -0.05) is 51.1 Å². The maximum atomic E-state index is 10.3. The first-order valence-electron chi connectivity index (χ1n) is 7.56. The van der Waals surface area contributed by atoms with Gasteiger partial charge in [-0.15, -0.1) is 0 Å². The number of benzene rings is 1. The van der Waals surface area contributed by atoms with Crippen LogP contribution in [0.15, 0.2) is 30.3 Å². The van der Waals surface area contributed by atoms with Gasteiger partial charge < -0.3 is 20.1 Å². The quantitative estimate of drug-likeness (QED) is 0.650. The summed E-state index contributed by atoms with van der Waals surface area (Å²) >= 11 is 0. The van der Waals surface area contributed by atoms with E-state index in [2.05, 4.69) is 0 Å². The van der Waals surface area contributed by atoms with Gasteiger partial charge in [0, 0.05) is 24.4 Å². The number of hydrogen-bond acceptors (Lipinski definition) is 4. The standard InChI is InChI=1S/C17H28O4/c1-12(9-18)16(19)14(3)17(20)13(2)10-21-11-15-7-5-4-6-8-15/h4-8,12-14,16-20H,9-11H2,1-3H3/t12-,13+,14-,16+,17-/m1/s1. The number of ether oxygens (including phenoxy) is 1. The van der Waals surface area contributed by atoms with Gasteiger partial charge >= 0.3 is 0 Å². The van der Waals surface area contributed by atoms with Crippen molar-refractivity contribution in [2.45, 2.75) is 39.6 Å². The summed E-state index contributed by atoms with van der Waals surface area (Å²) in [6.07, 6.45) is -1.38. The predicted octanol–water partition coefficient (Wildman–Crippen LogP) is 1.83. The maximum Gasteiger partial charge on any atom is 0.0717 e. The summed E-state index contributed by atoms with van der Waals surface area (Å²) in [4.78, 5) is 0. The summed E-state index contributed by atoms with van der Waals surface area (Å²) < 4.78 is 5.63. The first-order valence-corrected chi connectivity index (χ1v) is 7.56. The van der Waals surface area contributed by atoms with E-state index in [-0.39, 0.29) is 24.4 Å². The molecular weight excluding hydrogens is 268 g/mol. The summed E-state index contributed by atoms with van der Waals surface area (Å²) in [5, 5.41) is 29.4. The zero-order valence-electron chi connectivity index (χ0n) is 13.1. The van der Waals surface area contributed by atoms with Gasteiger partial charge in [0.15, 0.2) is 0 Å². The SMILES string of the molecule is C[C@H]([C@@H](O)[C@H](C)CO)[C@H](O)[C@@H](C)COCc1ccccc1. The van der Waals surface area contributed by atoms with Crippen LogP contribution in [0.3, 0.4) is 0 Å². The average Bonchev–Trinajstić information content (AvgIpc) is 2.52. The molecule has 0 aliphatic carbocycles. The van der Waals surface area contributed by atoms with E-state index in [1.54, 1.807) is 13.8 Å². The first-order chi connectivity index (χ1) is 9.97. The molecule has 0 bridgehead atoms. The average molecular weight is 296 g/mol. The Kier molecular flexibility index (Phi) is 7.89. The highest BCUT2D eigenvalue weighted by atomic mass is 16.5. The molecule has 0 saturated heterocycles. The molecule has 1 rings (SSSR count). The lowest BCUT2D eigenvalue weighted by atomic mass is 9.85. The second-order valence-corrected chi connectivity index (χ2v) is 5.98. The first kappa shape index (κ1) is 18.1. The van der Waals surface area contributed by atoms with Crippen LogP contribution < -0.4 is 0 Å². The van der Waals surface area contributed by atoms with Crippen LogP contribution in [0, 0.1) is 17.8 Å². The largest absolute Gasteiger partial charge is 0.396 e. The van der Waals surface area contributed by atoms with Crippen LogP contribution in [0.25, 0.3) is 0 Å². The second-order valence-electron chi connectivity index (χ2n) is 5.98. The van der Waals surface area contributed by atoms with Crippen molar-refractivity contribution in [1.29, 1.82) is 0 Å². The Morgan fingerprint density at radius 1 is 0.952 bits per heavy atom. The summed E-state index contributed by atoms with van der Waals surface area (Å²) in [7, 11) is 0. The minimum atomic E-state index is -0.721. The summed E-state index contributed by atoms with van der Waals surface area (Å²) in [6, 6.07) is 9.88. The van der Waals surface area contributed by atoms with Gasteiger partial charge in [-0.2, -0.15) is 0 Å². The normalized spacial score (nSPS) is 18.8. The molecule has 0 amide bonds. The molecule has 1 aromatic carbocycles. The molecule has 0 aliphatic heterocycles. The molecule has 0 heterocycles. The van der Waals surface area contributed by atoms with Crippen molar-refractivity contribution in [2.24, 2.45) is 17.8 Å². The lowest BCUT2D eigenvalue weighted by Gasteiger charge is -2.31. The molecule has 21 heavy (non-hydrogen) atoms. The fraction of sp³-hybridized carbons (Fsp3) is 0.647. The van der Waals surface area contributed by atoms with Crippen LogP contribution in [0.4, 0.5) is 0 Å². The fourth-order valence-corrected chi connectivity index (χ4v) is 2.38. The lowest BCUT2D eigenvalue weighted by Crippen LogP contribution is -2.39. The Labute approximate surface area is 127 Å². The van der Waals surface area contributed by atoms with Crippen LogP contribution in [0.2, 0.25) is 0 Å². The van der Waals surface area contributed by atoms with Crippen LogP contribution >= 0.6 is 0 Å². The van der Waals surface area contributed by atoms with E-state index in [9.17, 15) is 10.2 Å². The van der Waals surface area contributed by atoms with Crippen molar-refractivity contribution in [2.75, 3.05) is 13.2 Å². The topological polar surface area (TPSA) is 69.9 Å². The van der Waals surface area contributed by atoms with Gasteiger partial charge in [-0.25, -0.2) is 0 Å². The Morgan fingerprint density at radius 2 is 1.52 bits per heavy atom. The molecule has 1 aromatic rings. The third kappa shape index (κ3) is 5.75. The van der Waals surface area contributed by atoms with E-state index in [1.807, 2.05) is 37.3 Å². The summed E-state index contributed by atoms with van der Waals surface area (Å²) in [6.45, 7) is 6.34. The lowest BCUT2D eigenvalue weighted by molar-refractivity contribution is -0.0556. The molecule has 0 spiro atoms. The van der Waals surface area contributed by atoms with Gasteiger partial charge in [0.2, 0.25) is 0 Å². The molecule has 0 fully saturated rings. The van der Waals surface area contributed by atoms with Gasteiger partial charge in [0.05, 0.1) is 25.4 Å². The third-order valence-electron chi connectivity index (χ3n) is 4.02. The van der Waals surface area contributed by atoms with Crippen LogP contribution in [0.1, 0.15) is 26.3 Å². The molecule has 5 atom stereocenters. The number of hydrogen-bond donors (Lipinski definition) is 3. The Balaban J connectivity index is 2.38. The summed E-state index contributed by atoms with van der Waals surface area (Å²) in [5.74, 6) is -0.626. The highest BCUT2D eigenvalue weighted by Gasteiger charge is 2.30. The zero-order valence-corrected chi connectivity index (χ0v) is 13.1. The molecule has 0 aromatic heterocycles. The molecule has 120 valence electrons. The Hall–Kier alpha value is -0.940. The van der Waals surface area contributed by atoms with Crippen LogP contribution in [-0.2, 0) is 11.3 Å². The number of rotatable bonds is 9. The van der Waals surface area contributed by atoms with Crippen molar-refractivity contribution in [3.05, 3.63) is 35.9 Å². The van der Waals surface area contributed by atoms with Crippen LogP contribution in [0.5, 0.6) is 0 Å². The summed E-state index contributed by atoms with van der Waals surface area (Å²) in [5.41, 5.74) is 1.10. The maximum absolute atomic E-state index is 10.3. The zero-order chi connectivity index (χ0) is 15.8. The van der Waals surface area contributed by atoms with Crippen molar-refractivity contribution < 1.29 is 20.1 Å². The Morgan fingerprint density at radius 3 is 2.10 bits per heavy atom. The smallest absolute Gasteiger partial charge is 0.0717 e. The molecular formula is C17H28O4. The van der Waals surface area contributed by atoms with Gasteiger partial charge in [0.1, 0.15) is 0 Å². The van der Waals surface area contributed by atoms with Gasteiger partial charge in [-0.3, -0.25) is 0 Å². The van der Waals surface area contributed by atoms with Gasteiger partial charge in [-0.05, 0) is 5.56 Å². The highest BCUT2D eigenvalue weighted by Crippen LogP contribution is 2.21. The molecule has 4 heteroatoms. The van der Waals surface area contributed by atoms with Crippen molar-refractivity contribution in [1.82, 2.24) is 0 Å². The third-order valence-corrected chi connectivity index (χ3v) is 4.02. The minimum Gasteiger partial charge on any atom is -0.396 e. The van der Waals surface area contributed by atoms with E-state index in [0.717, 1.165) is 5.56 Å².